The number of thiazole rings is 1. The maximum atomic E-state index is 13.0. The van der Waals surface area contributed by atoms with Gasteiger partial charge < -0.3 is 34.2 Å². The van der Waals surface area contributed by atoms with Crippen molar-refractivity contribution in [1.29, 1.82) is 0 Å². The summed E-state index contributed by atoms with van der Waals surface area (Å²) in [5.74, 6) is -1.45. The minimum atomic E-state index is -1.49. The second kappa shape index (κ2) is 17.1. The average molecular weight is 733 g/mol. The van der Waals surface area contributed by atoms with Crippen molar-refractivity contribution in [1.82, 2.24) is 19.9 Å². The van der Waals surface area contributed by atoms with E-state index >= 15 is 0 Å². The molecule has 17 nitrogen and oxygen atoms in total. The number of hydrogen-bond donors (Lipinski definition) is 3. The number of anilines is 1. The third-order valence-corrected chi connectivity index (χ3v) is 6.60. The van der Waals surface area contributed by atoms with Crippen molar-refractivity contribution in [2.24, 2.45) is 5.16 Å². The molecule has 0 aliphatic carbocycles. The Morgan fingerprint density at radius 2 is 1.65 bits per heavy atom. The topological polar surface area (TPSA) is 206 Å². The van der Waals surface area contributed by atoms with Crippen LogP contribution in [0.3, 0.4) is 0 Å². The maximum absolute atomic E-state index is 13.0. The highest BCUT2D eigenvalue weighted by Crippen LogP contribution is 2.19. The summed E-state index contributed by atoms with van der Waals surface area (Å²) in [5, 5.41) is 20.1. The highest BCUT2D eigenvalue weighted by atomic mass is 32.1. The number of hydrogen-bond acceptors (Lipinski definition) is 13. The number of aryl methyl sites for hydroxylation is 1. The minimum Gasteiger partial charge on any atom is -0.487 e. The Morgan fingerprint density at radius 3 is 2.25 bits per heavy atom. The van der Waals surface area contributed by atoms with Gasteiger partial charge in [0, 0.05) is 24.4 Å². The molecule has 2 amide bonds. The molecule has 0 aliphatic heterocycles. The number of carbonyl (C=O) groups excluding carboxylic acids is 3. The summed E-state index contributed by atoms with van der Waals surface area (Å²) in [7, 11) is 0. The van der Waals surface area contributed by atoms with E-state index in [1.807, 2.05) is 23.3 Å². The van der Waals surface area contributed by atoms with Gasteiger partial charge in [-0.3, -0.25) is 5.32 Å². The number of nitrogens with zero attached hydrogens (tertiary/aromatic N) is 5. The Labute approximate surface area is 299 Å². The molecule has 0 bridgehead atoms. The van der Waals surface area contributed by atoms with Crippen molar-refractivity contribution in [2.45, 2.75) is 98.2 Å². The molecule has 3 rings (SSSR count). The van der Waals surface area contributed by atoms with E-state index in [1.165, 1.54) is 11.6 Å². The van der Waals surface area contributed by atoms with E-state index in [-0.39, 0.29) is 10.8 Å². The van der Waals surface area contributed by atoms with Crippen LogP contribution in [-0.2, 0) is 35.2 Å². The quantitative estimate of drug-likeness (QED) is 0.0524. The summed E-state index contributed by atoms with van der Waals surface area (Å²) in [6, 6.07) is 3.35. The first-order valence-electron chi connectivity index (χ1n) is 16.0. The van der Waals surface area contributed by atoms with Crippen molar-refractivity contribution in [2.75, 3.05) is 18.5 Å². The molecule has 0 saturated heterocycles. The van der Waals surface area contributed by atoms with Crippen LogP contribution in [0, 0.1) is 0 Å². The highest BCUT2D eigenvalue weighted by Gasteiger charge is 2.30. The normalized spacial score (nSPS) is 12.8. The molecule has 0 fully saturated rings. The Morgan fingerprint density at radius 1 is 0.980 bits per heavy atom. The number of pyridine rings is 1. The average Bonchev–Trinajstić information content (AvgIpc) is 3.64. The molecule has 0 radical (unpaired) electrons. The zero-order valence-corrected chi connectivity index (χ0v) is 31.0. The predicted octanol–water partition coefficient (Wildman–Crippen LogP) is 4.47. The van der Waals surface area contributed by atoms with Crippen molar-refractivity contribution >= 4 is 46.3 Å². The molecule has 3 heterocycles. The van der Waals surface area contributed by atoms with Crippen LogP contribution in [0.1, 0.15) is 74.4 Å². The van der Waals surface area contributed by atoms with Gasteiger partial charge in [-0.25, -0.2) is 33.7 Å². The number of carbonyl (C=O) groups is 4. The van der Waals surface area contributed by atoms with Gasteiger partial charge >= 0.3 is 24.1 Å². The number of carboxylic acids is 1. The Hall–Kier alpha value is -5.26. The van der Waals surface area contributed by atoms with E-state index in [0.29, 0.717) is 31.1 Å². The van der Waals surface area contributed by atoms with Gasteiger partial charge in [0.15, 0.2) is 5.13 Å². The molecule has 3 aromatic heterocycles. The molecule has 3 aromatic rings. The summed E-state index contributed by atoms with van der Waals surface area (Å²) < 4.78 is 25.4. The molecule has 1 atom stereocenters. The fraction of sp³-hybridized carbons (Fsp3) is 0.515. The Kier molecular flexibility index (Phi) is 13.5. The number of amides is 2. The molecule has 0 saturated carbocycles. The second-order valence-corrected chi connectivity index (χ2v) is 14.9. The van der Waals surface area contributed by atoms with Crippen LogP contribution < -0.4 is 19.9 Å². The second-order valence-electron chi connectivity index (χ2n) is 14.0. The Balaban J connectivity index is 1.64. The summed E-state index contributed by atoms with van der Waals surface area (Å²) >= 11 is 0.946. The lowest BCUT2D eigenvalue weighted by atomic mass is 10.2. The van der Waals surface area contributed by atoms with Crippen LogP contribution in [0.4, 0.5) is 14.7 Å². The predicted molar refractivity (Wildman–Crippen MR) is 185 cm³/mol. The lowest BCUT2D eigenvalue weighted by Crippen LogP contribution is -2.37. The maximum Gasteiger partial charge on any atom is 0.413 e. The molecule has 18 heteroatoms. The van der Waals surface area contributed by atoms with E-state index < -0.39 is 59.4 Å². The van der Waals surface area contributed by atoms with Crippen LogP contribution in [0.2, 0.25) is 0 Å². The van der Waals surface area contributed by atoms with Gasteiger partial charge in [-0.1, -0.05) is 5.16 Å². The van der Waals surface area contributed by atoms with E-state index in [2.05, 4.69) is 25.8 Å². The lowest BCUT2D eigenvalue weighted by Gasteiger charge is -2.23. The molecule has 278 valence electrons. The van der Waals surface area contributed by atoms with Gasteiger partial charge in [0.1, 0.15) is 47.2 Å². The number of rotatable bonds is 14. The van der Waals surface area contributed by atoms with Crippen LogP contribution >= 0.6 is 11.3 Å². The van der Waals surface area contributed by atoms with Gasteiger partial charge in [0.25, 0.3) is 6.10 Å². The van der Waals surface area contributed by atoms with Gasteiger partial charge in [-0.05, 0) is 68.4 Å². The monoisotopic (exact) mass is 732 g/mol. The smallest absolute Gasteiger partial charge is 0.413 e. The van der Waals surface area contributed by atoms with Gasteiger partial charge in [-0.2, -0.15) is 4.57 Å². The zero-order chi connectivity index (χ0) is 38.0. The molecule has 0 spiro atoms. The standard InChI is InChI=1S/C33H45N7O10S/c1-31(2,3)47-27(43)23(50-38-25(26(41)42)22-19-51-28(36-22)37-30(45)49-33(7,8)9)18-46-21-11-12-24(35-17-21)40-16-15-39(20-40)14-10-13-34-29(44)48-32(4,5)6/h11-12,15-17,19-20,23H,10,13-14,18H2,1-9H3,(H2-,34,36,37,41,42,44,45)/p+1. The number of oxime groups is 1. The first-order valence-corrected chi connectivity index (χ1v) is 16.8. The van der Waals surface area contributed by atoms with Crippen molar-refractivity contribution in [3.8, 4) is 11.6 Å². The van der Waals surface area contributed by atoms with Gasteiger partial charge in [0.05, 0.1) is 12.7 Å². The van der Waals surface area contributed by atoms with Crippen molar-refractivity contribution in [3.05, 3.63) is 48.1 Å². The van der Waals surface area contributed by atoms with E-state index in [1.54, 1.807) is 79.0 Å². The van der Waals surface area contributed by atoms with Crippen molar-refractivity contribution < 1.29 is 52.6 Å². The third kappa shape index (κ3) is 14.6. The molecule has 0 aliphatic rings. The van der Waals surface area contributed by atoms with E-state index in [4.69, 9.17) is 23.8 Å². The van der Waals surface area contributed by atoms with Crippen LogP contribution in [-0.4, -0.2) is 85.5 Å². The number of aliphatic carboxylic acids is 1. The van der Waals surface area contributed by atoms with Gasteiger partial charge in [-0.15, -0.1) is 11.3 Å². The molecule has 1 unspecified atom stereocenters. The first-order chi connectivity index (χ1) is 23.7. The van der Waals surface area contributed by atoms with Crippen LogP contribution in [0.15, 0.2) is 47.6 Å². The largest absolute Gasteiger partial charge is 0.487 e. The molecule has 3 N–H and O–H groups in total. The van der Waals surface area contributed by atoms with E-state index in [0.717, 1.165) is 11.3 Å². The highest BCUT2D eigenvalue weighted by molar-refractivity contribution is 7.14. The number of carboxylic acid groups (broad SMARTS) is 1. The molecular weight excluding hydrogens is 686 g/mol. The number of imidazole rings is 1. The summed E-state index contributed by atoms with van der Waals surface area (Å²) in [4.78, 5) is 62.8. The minimum absolute atomic E-state index is 0.0681. The number of esters is 1. The van der Waals surface area contributed by atoms with Crippen LogP contribution in [0.25, 0.3) is 5.82 Å². The lowest BCUT2D eigenvalue weighted by molar-refractivity contribution is -0.696. The summed E-state index contributed by atoms with van der Waals surface area (Å²) in [5.41, 5.74) is -2.94. The number of alkyl carbamates (subject to hydrolysis) is 1. The van der Waals surface area contributed by atoms with E-state index in [9.17, 15) is 24.3 Å². The fourth-order valence-electron chi connectivity index (χ4n) is 3.86. The number of ether oxygens (including phenoxy) is 4. The SMILES string of the molecule is CC(C)(C)OC(=O)NCCC[n+]1ccn(-c2ccc(OCC(ON=C(C(=O)O)c3csc(NC(=O)OC(C)(C)C)n3)C(=O)OC(C)(C)C)cn2)c1. The molecular formula is C33H46N7O10S+. The van der Waals surface area contributed by atoms with Gasteiger partial charge in [0.2, 0.25) is 17.9 Å². The summed E-state index contributed by atoms with van der Waals surface area (Å²) in [6.07, 6.45) is 4.99. The summed E-state index contributed by atoms with van der Waals surface area (Å²) in [6.45, 7) is 16.2. The Bertz CT molecular complexity index is 1680. The zero-order valence-electron chi connectivity index (χ0n) is 30.2. The van der Waals surface area contributed by atoms with Crippen molar-refractivity contribution in [3.63, 3.8) is 0 Å². The fourth-order valence-corrected chi connectivity index (χ4v) is 4.54. The van der Waals surface area contributed by atoms with Crippen LogP contribution in [0.5, 0.6) is 5.75 Å². The number of aromatic nitrogens is 4. The molecule has 51 heavy (non-hydrogen) atoms. The number of nitrogens with one attached hydrogen (secondary N) is 2. The third-order valence-electron chi connectivity index (χ3n) is 5.84. The molecule has 0 aromatic carbocycles. The first kappa shape index (κ1) is 40.2.